The number of aryl methyl sites for hydroxylation is 1. The SMILES string of the molecule is CCc1ccc(N)cc1S(=O)(=O)N1CCC[C@H]1CO. The van der Waals surface area contributed by atoms with Gasteiger partial charge in [0.15, 0.2) is 0 Å². The number of hydrogen-bond acceptors (Lipinski definition) is 4. The van der Waals surface area contributed by atoms with Crippen LogP contribution in [0.3, 0.4) is 0 Å². The van der Waals surface area contributed by atoms with E-state index in [0.717, 1.165) is 12.0 Å². The van der Waals surface area contributed by atoms with Gasteiger partial charge in [-0.1, -0.05) is 13.0 Å². The molecule has 0 saturated carbocycles. The number of nitrogens with two attached hydrogens (primary N) is 1. The first kappa shape index (κ1) is 14.3. The lowest BCUT2D eigenvalue weighted by Crippen LogP contribution is -2.38. The largest absolute Gasteiger partial charge is 0.399 e. The zero-order valence-electron chi connectivity index (χ0n) is 11.0. The molecular formula is C13H20N2O3S. The van der Waals surface area contributed by atoms with Crippen LogP contribution in [0.4, 0.5) is 5.69 Å². The first-order chi connectivity index (χ1) is 9.00. The van der Waals surface area contributed by atoms with Gasteiger partial charge in [0.05, 0.1) is 11.5 Å². The molecule has 0 unspecified atom stereocenters. The average molecular weight is 284 g/mol. The summed E-state index contributed by atoms with van der Waals surface area (Å²) in [6, 6.07) is 4.68. The van der Waals surface area contributed by atoms with Gasteiger partial charge in [-0.05, 0) is 37.0 Å². The smallest absolute Gasteiger partial charge is 0.243 e. The fourth-order valence-electron chi connectivity index (χ4n) is 2.54. The Morgan fingerprint density at radius 2 is 2.21 bits per heavy atom. The molecule has 0 radical (unpaired) electrons. The van der Waals surface area contributed by atoms with Crippen LogP contribution in [0.15, 0.2) is 23.1 Å². The molecule has 1 heterocycles. The summed E-state index contributed by atoms with van der Waals surface area (Å²) in [5, 5.41) is 9.30. The highest BCUT2D eigenvalue weighted by atomic mass is 32.2. The molecule has 2 rings (SSSR count). The van der Waals surface area contributed by atoms with E-state index < -0.39 is 10.0 Å². The van der Waals surface area contributed by atoms with Crippen molar-refractivity contribution < 1.29 is 13.5 Å². The van der Waals surface area contributed by atoms with Crippen molar-refractivity contribution >= 4 is 15.7 Å². The van der Waals surface area contributed by atoms with Crippen LogP contribution in [0.25, 0.3) is 0 Å². The second-order valence-corrected chi connectivity index (χ2v) is 6.67. The monoisotopic (exact) mass is 284 g/mol. The quantitative estimate of drug-likeness (QED) is 0.807. The van der Waals surface area contributed by atoms with Gasteiger partial charge in [0.1, 0.15) is 0 Å². The summed E-state index contributed by atoms with van der Waals surface area (Å²) in [5.41, 5.74) is 6.91. The van der Waals surface area contributed by atoms with E-state index in [1.54, 1.807) is 12.1 Å². The normalized spacial score (nSPS) is 20.8. The number of rotatable bonds is 4. The molecule has 106 valence electrons. The zero-order valence-corrected chi connectivity index (χ0v) is 11.9. The summed E-state index contributed by atoms with van der Waals surface area (Å²) < 4.78 is 26.8. The number of aliphatic hydroxyl groups is 1. The molecule has 0 bridgehead atoms. The van der Waals surface area contributed by atoms with Gasteiger partial charge in [-0.15, -0.1) is 0 Å². The third-order valence-corrected chi connectivity index (χ3v) is 5.63. The Hall–Kier alpha value is -1.11. The van der Waals surface area contributed by atoms with Crippen molar-refractivity contribution in [3.8, 4) is 0 Å². The van der Waals surface area contributed by atoms with E-state index in [-0.39, 0.29) is 17.5 Å². The maximum atomic E-state index is 12.7. The minimum Gasteiger partial charge on any atom is -0.399 e. The molecule has 1 aromatic carbocycles. The van der Waals surface area contributed by atoms with Gasteiger partial charge in [-0.2, -0.15) is 4.31 Å². The summed E-state index contributed by atoms with van der Waals surface area (Å²) in [6.45, 7) is 2.24. The number of nitrogens with zero attached hydrogens (tertiary/aromatic N) is 1. The highest BCUT2D eigenvalue weighted by Crippen LogP contribution is 2.29. The maximum Gasteiger partial charge on any atom is 0.243 e. The third kappa shape index (κ3) is 2.61. The molecule has 1 aliphatic rings. The van der Waals surface area contributed by atoms with E-state index >= 15 is 0 Å². The van der Waals surface area contributed by atoms with Crippen LogP contribution in [-0.2, 0) is 16.4 Å². The summed E-state index contributed by atoms with van der Waals surface area (Å²) in [7, 11) is -3.57. The molecule has 0 aliphatic carbocycles. The molecule has 0 aromatic heterocycles. The number of sulfonamides is 1. The predicted octanol–water partition coefficient (Wildman–Crippen LogP) is 0.977. The van der Waals surface area contributed by atoms with Gasteiger partial charge in [0.25, 0.3) is 0 Å². The van der Waals surface area contributed by atoms with Crippen LogP contribution in [0.1, 0.15) is 25.3 Å². The molecule has 1 aliphatic heterocycles. The van der Waals surface area contributed by atoms with E-state index in [1.807, 2.05) is 6.92 Å². The number of nitrogen functional groups attached to an aromatic ring is 1. The lowest BCUT2D eigenvalue weighted by atomic mass is 10.1. The van der Waals surface area contributed by atoms with Crippen molar-refractivity contribution in [1.29, 1.82) is 0 Å². The van der Waals surface area contributed by atoms with Crippen molar-refractivity contribution in [3.63, 3.8) is 0 Å². The van der Waals surface area contributed by atoms with E-state index in [1.165, 1.54) is 10.4 Å². The second-order valence-electron chi connectivity index (χ2n) is 4.82. The summed E-state index contributed by atoms with van der Waals surface area (Å²) in [6.07, 6.45) is 2.13. The number of hydrogen-bond donors (Lipinski definition) is 2. The van der Waals surface area contributed by atoms with Crippen LogP contribution in [-0.4, -0.2) is 37.0 Å². The molecule has 1 aromatic rings. The molecule has 6 heteroatoms. The Balaban J connectivity index is 2.47. The lowest BCUT2D eigenvalue weighted by Gasteiger charge is -2.23. The van der Waals surface area contributed by atoms with Gasteiger partial charge in [-0.25, -0.2) is 8.42 Å². The van der Waals surface area contributed by atoms with E-state index in [9.17, 15) is 13.5 Å². The summed E-state index contributed by atoms with van der Waals surface area (Å²) in [5.74, 6) is 0. The van der Waals surface area contributed by atoms with Crippen molar-refractivity contribution in [2.24, 2.45) is 0 Å². The third-order valence-electron chi connectivity index (χ3n) is 3.59. The van der Waals surface area contributed by atoms with Crippen molar-refractivity contribution in [2.75, 3.05) is 18.9 Å². The Kier molecular flexibility index (Phi) is 4.13. The number of aliphatic hydroxyl groups excluding tert-OH is 1. The van der Waals surface area contributed by atoms with Gasteiger partial charge >= 0.3 is 0 Å². The molecule has 0 amide bonds. The molecule has 0 spiro atoms. The Morgan fingerprint density at radius 1 is 1.47 bits per heavy atom. The molecule has 1 atom stereocenters. The lowest BCUT2D eigenvalue weighted by molar-refractivity contribution is 0.213. The molecular weight excluding hydrogens is 264 g/mol. The van der Waals surface area contributed by atoms with Crippen LogP contribution >= 0.6 is 0 Å². The zero-order chi connectivity index (χ0) is 14.0. The fourth-order valence-corrected chi connectivity index (χ4v) is 4.55. The second kappa shape index (κ2) is 5.48. The van der Waals surface area contributed by atoms with Gasteiger partial charge in [0.2, 0.25) is 10.0 Å². The van der Waals surface area contributed by atoms with E-state index in [2.05, 4.69) is 0 Å². The van der Waals surface area contributed by atoms with E-state index in [4.69, 9.17) is 5.73 Å². The Morgan fingerprint density at radius 3 is 2.84 bits per heavy atom. The minimum atomic E-state index is -3.57. The van der Waals surface area contributed by atoms with Crippen LogP contribution < -0.4 is 5.73 Å². The fraction of sp³-hybridized carbons (Fsp3) is 0.538. The topological polar surface area (TPSA) is 83.6 Å². The highest BCUT2D eigenvalue weighted by Gasteiger charge is 2.35. The standard InChI is InChI=1S/C13H20N2O3S/c1-2-10-5-6-11(14)8-13(10)19(17,18)15-7-3-4-12(15)9-16/h5-6,8,12,16H,2-4,7,9,14H2,1H3/t12-/m0/s1. The van der Waals surface area contributed by atoms with Crippen molar-refractivity contribution in [3.05, 3.63) is 23.8 Å². The average Bonchev–Trinajstić information content (AvgIpc) is 2.87. The van der Waals surface area contributed by atoms with Crippen molar-refractivity contribution in [1.82, 2.24) is 4.31 Å². The van der Waals surface area contributed by atoms with E-state index in [0.29, 0.717) is 25.1 Å². The van der Waals surface area contributed by atoms with Crippen LogP contribution in [0.2, 0.25) is 0 Å². The summed E-state index contributed by atoms with van der Waals surface area (Å²) in [4.78, 5) is 0.273. The van der Waals surface area contributed by atoms with Crippen LogP contribution in [0, 0.1) is 0 Å². The van der Waals surface area contributed by atoms with Gasteiger partial charge < -0.3 is 10.8 Å². The Bertz CT molecular complexity index is 557. The molecule has 5 nitrogen and oxygen atoms in total. The first-order valence-electron chi connectivity index (χ1n) is 6.51. The number of benzene rings is 1. The molecule has 3 N–H and O–H groups in total. The van der Waals surface area contributed by atoms with Crippen LogP contribution in [0.5, 0.6) is 0 Å². The van der Waals surface area contributed by atoms with Gasteiger partial charge in [-0.3, -0.25) is 0 Å². The molecule has 1 saturated heterocycles. The maximum absolute atomic E-state index is 12.7. The van der Waals surface area contributed by atoms with Crippen molar-refractivity contribution in [2.45, 2.75) is 37.1 Å². The number of anilines is 1. The van der Waals surface area contributed by atoms with Gasteiger partial charge in [0, 0.05) is 18.3 Å². The Labute approximate surface area is 114 Å². The highest BCUT2D eigenvalue weighted by molar-refractivity contribution is 7.89. The molecule has 1 fully saturated rings. The predicted molar refractivity (Wildman–Crippen MR) is 74.2 cm³/mol. The minimum absolute atomic E-state index is 0.136. The first-order valence-corrected chi connectivity index (χ1v) is 7.95. The summed E-state index contributed by atoms with van der Waals surface area (Å²) >= 11 is 0. The molecule has 19 heavy (non-hydrogen) atoms.